The van der Waals surface area contributed by atoms with E-state index in [1.54, 1.807) is 11.0 Å². The zero-order chi connectivity index (χ0) is 12.3. The quantitative estimate of drug-likeness (QED) is 0.825. The number of carboxylic acid groups (broad SMARTS) is 1. The van der Waals surface area contributed by atoms with E-state index in [0.717, 1.165) is 10.2 Å². The highest BCUT2D eigenvalue weighted by atomic mass is 32.1. The molecule has 0 saturated heterocycles. The van der Waals surface area contributed by atoms with Gasteiger partial charge in [0.15, 0.2) is 5.13 Å². The molecule has 1 N–H and O–H groups in total. The summed E-state index contributed by atoms with van der Waals surface area (Å²) in [6.45, 7) is 4.04. The highest BCUT2D eigenvalue weighted by molar-refractivity contribution is 7.22. The molecule has 1 heterocycles. The highest BCUT2D eigenvalue weighted by Crippen LogP contribution is 2.28. The van der Waals surface area contributed by atoms with Gasteiger partial charge in [-0.05, 0) is 12.1 Å². The number of aliphatic carboxylic acids is 1. The van der Waals surface area contributed by atoms with Crippen molar-refractivity contribution in [1.29, 1.82) is 0 Å². The zero-order valence-electron chi connectivity index (χ0n) is 9.17. The second-order valence-corrected chi connectivity index (χ2v) is 4.54. The third kappa shape index (κ3) is 2.62. The average Bonchev–Trinajstić information content (AvgIpc) is 2.71. The number of rotatable bonds is 5. The number of carboxylic acids is 1. The largest absolute Gasteiger partial charge is 0.480 e. The number of benzene rings is 1. The van der Waals surface area contributed by atoms with Crippen molar-refractivity contribution in [2.45, 2.75) is 0 Å². The van der Waals surface area contributed by atoms with E-state index >= 15 is 0 Å². The van der Waals surface area contributed by atoms with Crippen LogP contribution in [0, 0.1) is 0 Å². The molecule has 0 radical (unpaired) electrons. The lowest BCUT2D eigenvalue weighted by Gasteiger charge is -2.16. The van der Waals surface area contributed by atoms with Crippen molar-refractivity contribution >= 4 is 32.7 Å². The first kappa shape index (κ1) is 11.6. The van der Waals surface area contributed by atoms with Gasteiger partial charge in [-0.15, -0.1) is 6.58 Å². The Labute approximate surface area is 103 Å². The minimum absolute atomic E-state index is 0.0636. The van der Waals surface area contributed by atoms with Gasteiger partial charge in [0, 0.05) is 6.54 Å². The van der Waals surface area contributed by atoms with E-state index in [0.29, 0.717) is 11.7 Å². The molecule has 17 heavy (non-hydrogen) atoms. The van der Waals surface area contributed by atoms with Crippen LogP contribution in [-0.4, -0.2) is 29.1 Å². The Balaban J connectivity index is 2.34. The molecule has 0 aliphatic rings. The predicted molar refractivity (Wildman–Crippen MR) is 69.7 cm³/mol. The maximum absolute atomic E-state index is 10.8. The summed E-state index contributed by atoms with van der Waals surface area (Å²) in [6, 6.07) is 7.76. The topological polar surface area (TPSA) is 53.4 Å². The molecule has 0 aliphatic heterocycles. The molecule has 88 valence electrons. The predicted octanol–water partition coefficient (Wildman–Crippen LogP) is 2.37. The van der Waals surface area contributed by atoms with Crippen LogP contribution < -0.4 is 4.90 Å². The van der Waals surface area contributed by atoms with Gasteiger partial charge in [0.25, 0.3) is 0 Å². The van der Waals surface area contributed by atoms with E-state index in [1.807, 2.05) is 24.3 Å². The van der Waals surface area contributed by atoms with Crippen LogP contribution in [0.2, 0.25) is 0 Å². The number of anilines is 1. The molecule has 0 unspecified atom stereocenters. The second kappa shape index (κ2) is 4.97. The molecule has 0 saturated carbocycles. The van der Waals surface area contributed by atoms with Gasteiger partial charge >= 0.3 is 5.97 Å². The molecule has 2 rings (SSSR count). The van der Waals surface area contributed by atoms with Crippen molar-refractivity contribution in [2.24, 2.45) is 0 Å². The normalized spacial score (nSPS) is 10.4. The van der Waals surface area contributed by atoms with Gasteiger partial charge in [0.1, 0.15) is 6.54 Å². The SMILES string of the molecule is C=CCN(CC(=O)O)c1nc2ccccc2s1. The molecule has 1 aromatic heterocycles. The minimum atomic E-state index is -0.869. The molecule has 0 spiro atoms. The number of thiazole rings is 1. The summed E-state index contributed by atoms with van der Waals surface area (Å²) in [6.07, 6.45) is 1.68. The smallest absolute Gasteiger partial charge is 0.323 e. The Morgan fingerprint density at radius 1 is 1.53 bits per heavy atom. The van der Waals surface area contributed by atoms with Gasteiger partial charge in [-0.25, -0.2) is 4.98 Å². The van der Waals surface area contributed by atoms with Crippen molar-refractivity contribution < 1.29 is 9.90 Å². The summed E-state index contributed by atoms with van der Waals surface area (Å²) in [5, 5.41) is 9.56. The first-order chi connectivity index (χ1) is 8.20. The van der Waals surface area contributed by atoms with Crippen LogP contribution in [0.3, 0.4) is 0 Å². The molecule has 4 nitrogen and oxygen atoms in total. The van der Waals surface area contributed by atoms with Crippen LogP contribution in [0.15, 0.2) is 36.9 Å². The second-order valence-electron chi connectivity index (χ2n) is 3.53. The van der Waals surface area contributed by atoms with E-state index in [2.05, 4.69) is 11.6 Å². The van der Waals surface area contributed by atoms with Gasteiger partial charge < -0.3 is 10.0 Å². The molecule has 2 aromatic rings. The maximum Gasteiger partial charge on any atom is 0.323 e. The van der Waals surface area contributed by atoms with E-state index in [1.165, 1.54) is 11.3 Å². The van der Waals surface area contributed by atoms with E-state index in [-0.39, 0.29) is 6.54 Å². The van der Waals surface area contributed by atoms with Gasteiger partial charge in [0.05, 0.1) is 10.2 Å². The molecule has 5 heteroatoms. The van der Waals surface area contributed by atoms with Gasteiger partial charge in [0.2, 0.25) is 0 Å². The highest BCUT2D eigenvalue weighted by Gasteiger charge is 2.13. The summed E-state index contributed by atoms with van der Waals surface area (Å²) in [7, 11) is 0. The Kier molecular flexibility index (Phi) is 3.39. The average molecular weight is 248 g/mol. The molecule has 0 amide bonds. The van der Waals surface area contributed by atoms with E-state index in [4.69, 9.17) is 5.11 Å². The van der Waals surface area contributed by atoms with Crippen LogP contribution in [0.5, 0.6) is 0 Å². The Morgan fingerprint density at radius 2 is 2.29 bits per heavy atom. The van der Waals surface area contributed by atoms with Crippen molar-refractivity contribution in [3.8, 4) is 0 Å². The zero-order valence-corrected chi connectivity index (χ0v) is 9.98. The van der Waals surface area contributed by atoms with Crippen LogP contribution in [0.4, 0.5) is 5.13 Å². The van der Waals surface area contributed by atoms with Crippen LogP contribution in [0.1, 0.15) is 0 Å². The molecule has 0 fully saturated rings. The third-order valence-corrected chi connectivity index (χ3v) is 3.33. The fourth-order valence-electron chi connectivity index (χ4n) is 1.52. The van der Waals surface area contributed by atoms with E-state index in [9.17, 15) is 4.79 Å². The lowest BCUT2D eigenvalue weighted by molar-refractivity contribution is -0.135. The first-order valence-corrected chi connectivity index (χ1v) is 5.95. The fourth-order valence-corrected chi connectivity index (χ4v) is 2.50. The van der Waals surface area contributed by atoms with E-state index < -0.39 is 5.97 Å². The Hall–Kier alpha value is -1.88. The maximum atomic E-state index is 10.8. The molecular formula is C12H12N2O2S. The summed E-state index contributed by atoms with van der Waals surface area (Å²) in [5.74, 6) is -0.869. The third-order valence-electron chi connectivity index (χ3n) is 2.23. The molecule has 1 aromatic carbocycles. The summed E-state index contributed by atoms with van der Waals surface area (Å²) >= 11 is 1.49. The summed E-state index contributed by atoms with van der Waals surface area (Å²) in [5.41, 5.74) is 0.895. The summed E-state index contributed by atoms with van der Waals surface area (Å²) < 4.78 is 1.06. The number of fused-ring (bicyclic) bond motifs is 1. The number of nitrogens with zero attached hydrogens (tertiary/aromatic N) is 2. The monoisotopic (exact) mass is 248 g/mol. The molecule has 0 atom stereocenters. The van der Waals surface area contributed by atoms with Gasteiger partial charge in [-0.3, -0.25) is 4.79 Å². The Bertz CT molecular complexity index is 517. The Morgan fingerprint density at radius 3 is 2.94 bits per heavy atom. The van der Waals surface area contributed by atoms with Crippen molar-refractivity contribution in [1.82, 2.24) is 4.98 Å². The van der Waals surface area contributed by atoms with Crippen LogP contribution in [-0.2, 0) is 4.79 Å². The molecule has 0 aliphatic carbocycles. The van der Waals surface area contributed by atoms with Gasteiger partial charge in [-0.2, -0.15) is 0 Å². The fraction of sp³-hybridized carbons (Fsp3) is 0.167. The number of hydrogen-bond donors (Lipinski definition) is 1. The number of carbonyl (C=O) groups is 1. The number of aromatic nitrogens is 1. The molecular weight excluding hydrogens is 236 g/mol. The van der Waals surface area contributed by atoms with Crippen molar-refractivity contribution in [3.63, 3.8) is 0 Å². The van der Waals surface area contributed by atoms with Gasteiger partial charge in [-0.1, -0.05) is 29.5 Å². The minimum Gasteiger partial charge on any atom is -0.480 e. The molecule has 0 bridgehead atoms. The van der Waals surface area contributed by atoms with Crippen molar-refractivity contribution in [2.75, 3.05) is 18.0 Å². The lowest BCUT2D eigenvalue weighted by Crippen LogP contribution is -2.29. The lowest BCUT2D eigenvalue weighted by atomic mass is 10.3. The van der Waals surface area contributed by atoms with Crippen LogP contribution >= 0.6 is 11.3 Å². The first-order valence-electron chi connectivity index (χ1n) is 5.14. The van der Waals surface area contributed by atoms with Crippen LogP contribution in [0.25, 0.3) is 10.2 Å². The summed E-state index contributed by atoms with van der Waals surface area (Å²) in [4.78, 5) is 16.9. The van der Waals surface area contributed by atoms with Crippen molar-refractivity contribution in [3.05, 3.63) is 36.9 Å². The number of hydrogen-bond acceptors (Lipinski definition) is 4. The standard InChI is InChI=1S/C12H12N2O2S/c1-2-7-14(8-11(15)16)12-13-9-5-3-4-6-10(9)17-12/h2-6H,1,7-8H2,(H,15,16). The number of para-hydroxylation sites is 1.